The zero-order chi connectivity index (χ0) is 11.0. The second-order valence-electron chi connectivity index (χ2n) is 3.45. The number of anilines is 1. The first kappa shape index (κ1) is 10.4. The van der Waals surface area contributed by atoms with E-state index in [1.165, 1.54) is 22.7 Å². The third-order valence-electron chi connectivity index (χ3n) is 1.85. The zero-order valence-corrected chi connectivity index (χ0v) is 10.1. The number of ether oxygens (including phenoxy) is 1. The van der Waals surface area contributed by atoms with Crippen LogP contribution in [0.4, 0.5) is 5.00 Å². The van der Waals surface area contributed by atoms with Crippen molar-refractivity contribution in [1.82, 2.24) is 0 Å². The van der Waals surface area contributed by atoms with Gasteiger partial charge >= 0.3 is 5.97 Å². The quantitative estimate of drug-likeness (QED) is 0.822. The molecule has 0 fully saturated rings. The monoisotopic (exact) mass is 241 g/mol. The topological polar surface area (TPSA) is 52.3 Å². The fourth-order valence-electron chi connectivity index (χ4n) is 1.28. The molecule has 0 spiro atoms. The van der Waals surface area contributed by atoms with Crippen molar-refractivity contribution in [3.05, 3.63) is 17.0 Å². The Morgan fingerprint density at radius 2 is 2.27 bits per heavy atom. The van der Waals surface area contributed by atoms with Crippen molar-refractivity contribution in [2.45, 2.75) is 20.0 Å². The molecular formula is C10H11NO2S2. The van der Waals surface area contributed by atoms with Crippen LogP contribution in [0.15, 0.2) is 11.4 Å². The smallest absolute Gasteiger partial charge is 0.339 e. The normalized spacial score (nSPS) is 11.1. The van der Waals surface area contributed by atoms with Gasteiger partial charge in [0.05, 0.1) is 20.7 Å². The lowest BCUT2D eigenvalue weighted by Gasteiger charge is -2.05. The Bertz CT molecular complexity index is 498. The molecule has 0 aliphatic rings. The lowest BCUT2D eigenvalue weighted by molar-refractivity contribution is 0.0381. The summed E-state index contributed by atoms with van der Waals surface area (Å²) in [7, 11) is 0. The van der Waals surface area contributed by atoms with Gasteiger partial charge in [0.25, 0.3) is 0 Å². The molecule has 15 heavy (non-hydrogen) atoms. The van der Waals surface area contributed by atoms with E-state index in [4.69, 9.17) is 10.5 Å². The number of carbonyl (C=O) groups is 1. The molecule has 80 valence electrons. The summed E-state index contributed by atoms with van der Waals surface area (Å²) < 4.78 is 6.22. The van der Waals surface area contributed by atoms with Crippen molar-refractivity contribution in [3.8, 4) is 0 Å². The van der Waals surface area contributed by atoms with E-state index in [-0.39, 0.29) is 12.1 Å². The molecule has 0 aromatic carbocycles. The molecule has 0 unspecified atom stereocenters. The molecule has 0 saturated heterocycles. The van der Waals surface area contributed by atoms with Crippen LogP contribution in [-0.4, -0.2) is 12.1 Å². The number of fused-ring (bicyclic) bond motifs is 1. The van der Waals surface area contributed by atoms with Crippen molar-refractivity contribution in [3.63, 3.8) is 0 Å². The van der Waals surface area contributed by atoms with E-state index >= 15 is 0 Å². The molecule has 0 amide bonds. The molecule has 2 aromatic heterocycles. The first-order valence-corrected chi connectivity index (χ1v) is 6.25. The largest absolute Gasteiger partial charge is 0.459 e. The first-order valence-electron chi connectivity index (χ1n) is 4.55. The van der Waals surface area contributed by atoms with Crippen LogP contribution in [0.5, 0.6) is 0 Å². The molecule has 0 atom stereocenters. The number of thiophene rings is 2. The standard InChI is InChI=1S/C10H11NO2S2/c1-5(2)13-9(12)7-4-14-10-6(7)3-8(11)15-10/h3-5H,11H2,1-2H3. The molecule has 2 N–H and O–H groups in total. The Balaban J connectivity index is 2.38. The summed E-state index contributed by atoms with van der Waals surface area (Å²) in [6.45, 7) is 3.67. The second kappa shape index (κ2) is 3.83. The Kier molecular flexibility index (Phi) is 2.67. The van der Waals surface area contributed by atoms with E-state index < -0.39 is 0 Å². The Morgan fingerprint density at radius 1 is 1.53 bits per heavy atom. The maximum atomic E-state index is 11.7. The molecule has 2 aromatic rings. The number of carbonyl (C=O) groups excluding carboxylic acids is 1. The van der Waals surface area contributed by atoms with Gasteiger partial charge < -0.3 is 10.5 Å². The lowest BCUT2D eigenvalue weighted by atomic mass is 10.2. The number of hydrogen-bond acceptors (Lipinski definition) is 5. The highest BCUT2D eigenvalue weighted by molar-refractivity contribution is 7.39. The van der Waals surface area contributed by atoms with E-state index in [1.807, 2.05) is 25.3 Å². The number of rotatable bonds is 2. The Labute approximate surface area is 95.5 Å². The molecular weight excluding hydrogens is 230 g/mol. The minimum absolute atomic E-state index is 0.0940. The number of nitrogen functional groups attached to an aromatic ring is 1. The van der Waals surface area contributed by atoms with Crippen molar-refractivity contribution in [2.75, 3.05) is 5.73 Å². The van der Waals surface area contributed by atoms with Gasteiger partial charge in [-0.3, -0.25) is 0 Å². The molecule has 2 heterocycles. The van der Waals surface area contributed by atoms with Gasteiger partial charge in [-0.15, -0.1) is 22.7 Å². The predicted molar refractivity (Wildman–Crippen MR) is 64.7 cm³/mol. The fourth-order valence-corrected chi connectivity index (χ4v) is 3.32. The van der Waals surface area contributed by atoms with Gasteiger partial charge in [-0.25, -0.2) is 4.79 Å². The van der Waals surface area contributed by atoms with E-state index in [1.54, 1.807) is 0 Å². The number of esters is 1. The van der Waals surface area contributed by atoms with Gasteiger partial charge in [0.1, 0.15) is 0 Å². The van der Waals surface area contributed by atoms with Crippen molar-refractivity contribution < 1.29 is 9.53 Å². The zero-order valence-electron chi connectivity index (χ0n) is 8.44. The Hall–Kier alpha value is -1.07. The van der Waals surface area contributed by atoms with Crippen LogP contribution < -0.4 is 5.73 Å². The highest BCUT2D eigenvalue weighted by Gasteiger charge is 2.16. The minimum atomic E-state index is -0.269. The summed E-state index contributed by atoms with van der Waals surface area (Å²) in [5.41, 5.74) is 6.30. The fraction of sp³-hybridized carbons (Fsp3) is 0.300. The average Bonchev–Trinajstić information content (AvgIpc) is 2.60. The molecule has 0 aliphatic heterocycles. The van der Waals surface area contributed by atoms with E-state index in [0.717, 1.165) is 14.4 Å². The van der Waals surface area contributed by atoms with Crippen LogP contribution in [0.25, 0.3) is 9.40 Å². The SMILES string of the molecule is CC(C)OC(=O)c1csc2sc(N)cc12. The maximum absolute atomic E-state index is 11.7. The molecule has 0 radical (unpaired) electrons. The third kappa shape index (κ3) is 1.98. The van der Waals surface area contributed by atoms with E-state index in [2.05, 4.69) is 0 Å². The van der Waals surface area contributed by atoms with Crippen molar-refractivity contribution in [2.24, 2.45) is 0 Å². The molecule has 3 nitrogen and oxygen atoms in total. The summed E-state index contributed by atoms with van der Waals surface area (Å²) in [5, 5.41) is 3.47. The summed E-state index contributed by atoms with van der Waals surface area (Å²) in [6, 6.07) is 1.83. The molecule has 0 aliphatic carbocycles. The molecule has 0 bridgehead atoms. The summed E-state index contributed by atoms with van der Waals surface area (Å²) in [4.78, 5) is 11.7. The summed E-state index contributed by atoms with van der Waals surface area (Å²) in [5.74, 6) is -0.269. The van der Waals surface area contributed by atoms with Crippen LogP contribution in [0.1, 0.15) is 24.2 Å². The van der Waals surface area contributed by atoms with Gasteiger partial charge in [0.2, 0.25) is 0 Å². The molecule has 0 saturated carbocycles. The Morgan fingerprint density at radius 3 is 2.93 bits per heavy atom. The minimum Gasteiger partial charge on any atom is -0.459 e. The summed E-state index contributed by atoms with van der Waals surface area (Å²) >= 11 is 3.03. The van der Waals surface area contributed by atoms with Gasteiger partial charge in [-0.05, 0) is 19.9 Å². The van der Waals surface area contributed by atoms with Gasteiger partial charge in [0.15, 0.2) is 0 Å². The number of nitrogens with two attached hydrogens (primary N) is 1. The first-order chi connectivity index (χ1) is 7.08. The van der Waals surface area contributed by atoms with Gasteiger partial charge in [0, 0.05) is 10.8 Å². The highest BCUT2D eigenvalue weighted by atomic mass is 32.2. The maximum Gasteiger partial charge on any atom is 0.339 e. The highest BCUT2D eigenvalue weighted by Crippen LogP contribution is 2.35. The van der Waals surface area contributed by atoms with E-state index in [9.17, 15) is 4.79 Å². The van der Waals surface area contributed by atoms with Gasteiger partial charge in [-0.1, -0.05) is 0 Å². The van der Waals surface area contributed by atoms with Crippen LogP contribution in [0.3, 0.4) is 0 Å². The average molecular weight is 241 g/mol. The van der Waals surface area contributed by atoms with Crippen LogP contribution in [0.2, 0.25) is 0 Å². The van der Waals surface area contributed by atoms with Crippen LogP contribution in [-0.2, 0) is 4.74 Å². The molecule has 2 rings (SSSR count). The lowest BCUT2D eigenvalue weighted by Crippen LogP contribution is -2.10. The van der Waals surface area contributed by atoms with Crippen LogP contribution >= 0.6 is 22.7 Å². The van der Waals surface area contributed by atoms with Gasteiger partial charge in [-0.2, -0.15) is 0 Å². The van der Waals surface area contributed by atoms with Crippen molar-refractivity contribution in [1.29, 1.82) is 0 Å². The van der Waals surface area contributed by atoms with Crippen LogP contribution in [0, 0.1) is 0 Å². The number of hydrogen-bond donors (Lipinski definition) is 1. The van der Waals surface area contributed by atoms with Crippen molar-refractivity contribution >= 4 is 43.0 Å². The predicted octanol–water partition coefficient (Wildman–Crippen LogP) is 3.11. The second-order valence-corrected chi connectivity index (χ2v) is 5.68. The molecule has 5 heteroatoms. The summed E-state index contributed by atoms with van der Waals surface area (Å²) in [6.07, 6.45) is -0.0940. The van der Waals surface area contributed by atoms with E-state index in [0.29, 0.717) is 5.56 Å². The third-order valence-corrected chi connectivity index (χ3v) is 3.94.